The number of nitrogens with one attached hydrogen (secondary N) is 2. The van der Waals surface area contributed by atoms with Crippen LogP contribution in [-0.4, -0.2) is 20.6 Å². The van der Waals surface area contributed by atoms with Gasteiger partial charge >= 0.3 is 0 Å². The maximum atomic E-state index is 12.1. The van der Waals surface area contributed by atoms with Crippen LogP contribution in [0.4, 0.5) is 11.4 Å². The smallest absolute Gasteiger partial charge is 0.226 e. The minimum atomic E-state index is -0.135. The monoisotopic (exact) mass is 481 g/mol. The van der Waals surface area contributed by atoms with Crippen molar-refractivity contribution in [3.8, 4) is 0 Å². The van der Waals surface area contributed by atoms with E-state index in [0.717, 1.165) is 16.9 Å². The predicted molar refractivity (Wildman–Crippen MR) is 138 cm³/mol. The average Bonchev–Trinajstić information content (AvgIpc) is 3.40. The first-order valence-corrected chi connectivity index (χ1v) is 11.8. The molecule has 1 aliphatic heterocycles. The van der Waals surface area contributed by atoms with Gasteiger partial charge in [0.15, 0.2) is 5.11 Å². The normalized spacial score (nSPS) is 18.2. The summed E-state index contributed by atoms with van der Waals surface area (Å²) in [6.07, 6.45) is 6.04. The predicted octanol–water partition coefficient (Wildman–Crippen LogP) is 5.89. The second-order valence-electron chi connectivity index (χ2n) is 8.79. The number of carbonyl (C=O) groups excluding carboxylic acids is 1. The van der Waals surface area contributed by atoms with Gasteiger partial charge in [-0.15, -0.1) is 0 Å². The van der Waals surface area contributed by atoms with E-state index in [-0.39, 0.29) is 23.9 Å². The summed E-state index contributed by atoms with van der Waals surface area (Å²) in [7, 11) is 0. The molecule has 0 aliphatic carbocycles. The van der Waals surface area contributed by atoms with Crippen molar-refractivity contribution in [2.45, 2.75) is 45.8 Å². The lowest BCUT2D eigenvalue weighted by molar-refractivity contribution is -0.118. The van der Waals surface area contributed by atoms with E-state index in [1.165, 1.54) is 0 Å². The standard InChI is InChI=1S/C25H28ClN5OS/c1-15(2)24(32)28-20-9-8-18(13-19(20)26)31-23(17-10-12-30(14-17)16(3)4)22(29-25(31)33)21-7-5-6-11-27-21/h5-16,22-23H,1-4H3,(H,28,32)(H,29,33)/t22-,23+/m0/s1. The molecule has 172 valence electrons. The Labute approximate surface area is 205 Å². The van der Waals surface area contributed by atoms with E-state index in [0.29, 0.717) is 21.9 Å². The highest BCUT2D eigenvalue weighted by atomic mass is 35.5. The Morgan fingerprint density at radius 2 is 1.97 bits per heavy atom. The number of carbonyl (C=O) groups is 1. The molecule has 0 radical (unpaired) electrons. The van der Waals surface area contributed by atoms with Crippen molar-refractivity contribution in [3.05, 3.63) is 77.3 Å². The zero-order valence-corrected chi connectivity index (χ0v) is 20.7. The highest BCUT2D eigenvalue weighted by Crippen LogP contribution is 2.43. The number of thiocarbonyl (C=S) groups is 1. The number of anilines is 2. The minimum absolute atomic E-state index is 0.0777. The van der Waals surface area contributed by atoms with Crippen LogP contribution in [0.1, 0.15) is 57.1 Å². The molecule has 0 bridgehead atoms. The van der Waals surface area contributed by atoms with E-state index in [2.05, 4.69) is 57.4 Å². The largest absolute Gasteiger partial charge is 0.351 e. The first-order valence-electron chi connectivity index (χ1n) is 11.0. The summed E-state index contributed by atoms with van der Waals surface area (Å²) < 4.78 is 2.18. The van der Waals surface area contributed by atoms with Crippen molar-refractivity contribution >= 4 is 46.2 Å². The van der Waals surface area contributed by atoms with Gasteiger partial charge in [-0.25, -0.2) is 0 Å². The number of aromatic nitrogens is 2. The summed E-state index contributed by atoms with van der Waals surface area (Å²) in [5.74, 6) is -0.212. The molecule has 8 heteroatoms. The molecule has 0 spiro atoms. The van der Waals surface area contributed by atoms with Gasteiger partial charge in [-0.3, -0.25) is 9.78 Å². The molecular weight excluding hydrogens is 454 g/mol. The molecule has 1 aliphatic rings. The van der Waals surface area contributed by atoms with Gasteiger partial charge < -0.3 is 20.1 Å². The van der Waals surface area contributed by atoms with E-state index in [4.69, 9.17) is 23.8 Å². The van der Waals surface area contributed by atoms with Crippen molar-refractivity contribution in [3.63, 3.8) is 0 Å². The summed E-state index contributed by atoms with van der Waals surface area (Å²) in [6, 6.07) is 13.7. The molecule has 1 fully saturated rings. The fourth-order valence-corrected chi connectivity index (χ4v) is 4.50. The summed E-state index contributed by atoms with van der Waals surface area (Å²) in [5.41, 5.74) is 3.47. The molecule has 2 aromatic heterocycles. The maximum Gasteiger partial charge on any atom is 0.226 e. The van der Waals surface area contributed by atoms with Crippen LogP contribution in [0.2, 0.25) is 5.02 Å². The fourth-order valence-electron chi connectivity index (χ4n) is 3.93. The van der Waals surface area contributed by atoms with Crippen LogP contribution in [0.3, 0.4) is 0 Å². The number of benzene rings is 1. The third-order valence-electron chi connectivity index (χ3n) is 5.79. The Kier molecular flexibility index (Phi) is 6.72. The van der Waals surface area contributed by atoms with Crippen LogP contribution >= 0.6 is 23.8 Å². The van der Waals surface area contributed by atoms with E-state index >= 15 is 0 Å². The Bertz CT molecular complexity index is 1160. The molecule has 4 rings (SSSR count). The number of halogens is 1. The van der Waals surface area contributed by atoms with Crippen LogP contribution in [0.5, 0.6) is 0 Å². The average molecular weight is 482 g/mol. The Balaban J connectivity index is 1.74. The Morgan fingerprint density at radius 3 is 2.58 bits per heavy atom. The van der Waals surface area contributed by atoms with Crippen LogP contribution in [0, 0.1) is 5.92 Å². The van der Waals surface area contributed by atoms with Gasteiger partial charge in [-0.1, -0.05) is 31.5 Å². The lowest BCUT2D eigenvalue weighted by Crippen LogP contribution is -2.29. The molecule has 3 heterocycles. The first kappa shape index (κ1) is 23.3. The van der Waals surface area contributed by atoms with Crippen molar-refractivity contribution in [1.82, 2.24) is 14.9 Å². The van der Waals surface area contributed by atoms with Gasteiger partial charge in [-0.2, -0.15) is 0 Å². The van der Waals surface area contributed by atoms with E-state index in [9.17, 15) is 4.79 Å². The molecule has 1 aromatic carbocycles. The molecule has 2 atom stereocenters. The Hall–Kier alpha value is -2.90. The van der Waals surface area contributed by atoms with E-state index in [1.807, 2.05) is 50.2 Å². The summed E-state index contributed by atoms with van der Waals surface area (Å²) in [5, 5.41) is 7.40. The van der Waals surface area contributed by atoms with Crippen molar-refractivity contribution in [2.75, 3.05) is 10.2 Å². The summed E-state index contributed by atoms with van der Waals surface area (Å²) in [4.78, 5) is 18.8. The van der Waals surface area contributed by atoms with Gasteiger partial charge in [-0.05, 0) is 68.0 Å². The number of pyridine rings is 1. The van der Waals surface area contributed by atoms with Gasteiger partial charge in [0, 0.05) is 36.2 Å². The summed E-state index contributed by atoms with van der Waals surface area (Å²) >= 11 is 12.4. The van der Waals surface area contributed by atoms with E-state index < -0.39 is 0 Å². The van der Waals surface area contributed by atoms with Crippen molar-refractivity contribution < 1.29 is 4.79 Å². The number of hydrogen-bond donors (Lipinski definition) is 2. The fraction of sp³-hybridized carbons (Fsp3) is 0.320. The second kappa shape index (κ2) is 9.53. The summed E-state index contributed by atoms with van der Waals surface area (Å²) in [6.45, 7) is 7.99. The lowest BCUT2D eigenvalue weighted by atomic mass is 9.98. The third-order valence-corrected chi connectivity index (χ3v) is 6.41. The number of nitrogens with zero attached hydrogens (tertiary/aromatic N) is 3. The van der Waals surface area contributed by atoms with Crippen LogP contribution in [0.25, 0.3) is 0 Å². The van der Waals surface area contributed by atoms with Crippen molar-refractivity contribution in [1.29, 1.82) is 0 Å². The Morgan fingerprint density at radius 1 is 1.18 bits per heavy atom. The zero-order valence-electron chi connectivity index (χ0n) is 19.1. The molecule has 33 heavy (non-hydrogen) atoms. The SMILES string of the molecule is CC(C)C(=O)Nc1ccc(N2C(=S)N[C@@H](c3ccccn3)[C@H]2c2ccn(C(C)C)c2)cc1Cl. The van der Waals surface area contributed by atoms with Crippen LogP contribution in [0.15, 0.2) is 61.1 Å². The lowest BCUT2D eigenvalue weighted by Gasteiger charge is -2.28. The number of hydrogen-bond acceptors (Lipinski definition) is 3. The van der Waals surface area contributed by atoms with E-state index in [1.54, 1.807) is 6.20 Å². The number of amides is 1. The molecule has 6 nitrogen and oxygen atoms in total. The van der Waals surface area contributed by atoms with Crippen LogP contribution in [-0.2, 0) is 4.79 Å². The molecule has 0 saturated carbocycles. The van der Waals surface area contributed by atoms with Crippen LogP contribution < -0.4 is 15.5 Å². The molecule has 0 unspecified atom stereocenters. The quantitative estimate of drug-likeness (QED) is 0.430. The maximum absolute atomic E-state index is 12.1. The van der Waals surface area contributed by atoms with Gasteiger partial charge in [0.1, 0.15) is 0 Å². The molecule has 2 N–H and O–H groups in total. The third kappa shape index (κ3) is 4.75. The highest BCUT2D eigenvalue weighted by Gasteiger charge is 2.41. The number of rotatable bonds is 6. The highest BCUT2D eigenvalue weighted by molar-refractivity contribution is 7.80. The topological polar surface area (TPSA) is 62.2 Å². The second-order valence-corrected chi connectivity index (χ2v) is 9.58. The van der Waals surface area contributed by atoms with Crippen molar-refractivity contribution in [2.24, 2.45) is 5.92 Å². The van der Waals surface area contributed by atoms with Gasteiger partial charge in [0.25, 0.3) is 0 Å². The molecule has 3 aromatic rings. The molecule has 1 amide bonds. The van der Waals surface area contributed by atoms with Gasteiger partial charge in [0.05, 0.1) is 28.5 Å². The zero-order chi connectivity index (χ0) is 23.7. The van der Waals surface area contributed by atoms with Gasteiger partial charge in [0.2, 0.25) is 5.91 Å². The molecule has 1 saturated heterocycles. The minimum Gasteiger partial charge on any atom is -0.351 e. The first-order chi connectivity index (χ1) is 15.8. The molecular formula is C25H28ClN5OS.